The summed E-state index contributed by atoms with van der Waals surface area (Å²) in [7, 11) is 1.54. The molecule has 1 amide bonds. The maximum Gasteiger partial charge on any atom is 0.416 e. The molecule has 3 N–H and O–H groups in total. The predicted octanol–water partition coefficient (Wildman–Crippen LogP) is 4.36. The highest BCUT2D eigenvalue weighted by molar-refractivity contribution is 6.33. The van der Waals surface area contributed by atoms with Gasteiger partial charge in [0.05, 0.1) is 16.3 Å². The summed E-state index contributed by atoms with van der Waals surface area (Å²) in [6, 6.07) is 10.4. The highest BCUT2D eigenvalue weighted by atomic mass is 35.5. The van der Waals surface area contributed by atoms with E-state index in [0.29, 0.717) is 22.2 Å². The second-order valence-corrected chi connectivity index (χ2v) is 6.74. The van der Waals surface area contributed by atoms with Crippen LogP contribution in [0.1, 0.15) is 23.1 Å². The molecular formula is C20H22ClF3N4O. The highest BCUT2D eigenvalue weighted by Crippen LogP contribution is 2.29. The first-order chi connectivity index (χ1) is 13.7. The van der Waals surface area contributed by atoms with Crippen molar-refractivity contribution in [1.29, 1.82) is 0 Å². The van der Waals surface area contributed by atoms with Gasteiger partial charge in [0.25, 0.3) is 0 Å². The van der Waals surface area contributed by atoms with Crippen molar-refractivity contribution in [1.82, 2.24) is 10.6 Å². The molecule has 0 atom stereocenters. The molecule has 0 heterocycles. The van der Waals surface area contributed by atoms with Crippen LogP contribution in [0.25, 0.3) is 0 Å². The van der Waals surface area contributed by atoms with Crippen molar-refractivity contribution in [3.05, 3.63) is 64.2 Å². The minimum atomic E-state index is -4.39. The molecule has 0 aliphatic heterocycles. The first kappa shape index (κ1) is 22.5. The van der Waals surface area contributed by atoms with Crippen molar-refractivity contribution in [2.75, 3.05) is 18.9 Å². The lowest BCUT2D eigenvalue weighted by molar-refractivity contribution is -0.137. The molecule has 0 fully saturated rings. The summed E-state index contributed by atoms with van der Waals surface area (Å²) in [5.74, 6) is 0.153. The van der Waals surface area contributed by atoms with Gasteiger partial charge in [-0.2, -0.15) is 13.2 Å². The van der Waals surface area contributed by atoms with Gasteiger partial charge in [0.15, 0.2) is 5.96 Å². The minimum absolute atomic E-state index is 0.161. The Morgan fingerprint density at radius 1 is 1.14 bits per heavy atom. The van der Waals surface area contributed by atoms with E-state index in [1.165, 1.54) is 13.1 Å². The number of hydrogen-bond acceptors (Lipinski definition) is 2. The van der Waals surface area contributed by atoms with Crippen LogP contribution in [-0.2, 0) is 17.5 Å². The number of benzene rings is 2. The molecule has 156 valence electrons. The van der Waals surface area contributed by atoms with Crippen LogP contribution in [0.2, 0.25) is 5.02 Å². The van der Waals surface area contributed by atoms with E-state index in [4.69, 9.17) is 11.6 Å². The zero-order chi connectivity index (χ0) is 21.4. The van der Waals surface area contributed by atoms with E-state index in [0.717, 1.165) is 17.7 Å². The first-order valence-electron chi connectivity index (χ1n) is 8.85. The van der Waals surface area contributed by atoms with Crippen molar-refractivity contribution >= 4 is 29.2 Å². The third-order valence-electron chi connectivity index (χ3n) is 3.98. The Morgan fingerprint density at radius 3 is 2.55 bits per heavy atom. The highest BCUT2D eigenvalue weighted by Gasteiger charge is 2.30. The standard InChI is InChI=1S/C20H22ClF3N4O/c1-13-6-7-17(16(21)10-13)28-18(29)8-9-26-19(25-2)27-12-14-4-3-5-15(11-14)20(22,23)24/h3-7,10-11H,8-9,12H2,1-2H3,(H,28,29)(H2,25,26,27). The van der Waals surface area contributed by atoms with Gasteiger partial charge in [-0.25, -0.2) is 0 Å². The van der Waals surface area contributed by atoms with Crippen LogP contribution in [-0.4, -0.2) is 25.5 Å². The summed E-state index contributed by atoms with van der Waals surface area (Å²) in [4.78, 5) is 16.1. The monoisotopic (exact) mass is 426 g/mol. The second-order valence-electron chi connectivity index (χ2n) is 6.33. The number of rotatable bonds is 6. The number of aliphatic imine (C=N–C) groups is 1. The average Bonchev–Trinajstić information content (AvgIpc) is 2.66. The number of aryl methyl sites for hydroxylation is 1. The van der Waals surface area contributed by atoms with E-state index in [2.05, 4.69) is 20.9 Å². The third kappa shape index (κ3) is 7.30. The molecule has 0 unspecified atom stereocenters. The molecule has 29 heavy (non-hydrogen) atoms. The quantitative estimate of drug-likeness (QED) is 0.475. The molecule has 2 rings (SSSR count). The van der Waals surface area contributed by atoms with Gasteiger partial charge < -0.3 is 16.0 Å². The summed E-state index contributed by atoms with van der Waals surface area (Å²) in [6.07, 6.45) is -4.22. The minimum Gasteiger partial charge on any atom is -0.356 e. The zero-order valence-electron chi connectivity index (χ0n) is 16.0. The molecule has 5 nitrogen and oxygen atoms in total. The van der Waals surface area contributed by atoms with Crippen molar-refractivity contribution in [2.24, 2.45) is 4.99 Å². The molecule has 0 aromatic heterocycles. The normalized spacial score (nSPS) is 11.9. The van der Waals surface area contributed by atoms with Crippen LogP contribution in [0.15, 0.2) is 47.5 Å². The fourth-order valence-electron chi connectivity index (χ4n) is 2.49. The third-order valence-corrected chi connectivity index (χ3v) is 4.29. The number of nitrogens with zero attached hydrogens (tertiary/aromatic N) is 1. The summed E-state index contributed by atoms with van der Waals surface area (Å²) < 4.78 is 38.3. The van der Waals surface area contributed by atoms with Crippen LogP contribution < -0.4 is 16.0 Å². The van der Waals surface area contributed by atoms with Gasteiger partial charge in [0.2, 0.25) is 5.91 Å². The molecule has 0 spiro atoms. The predicted molar refractivity (Wildman–Crippen MR) is 109 cm³/mol. The number of halogens is 4. The van der Waals surface area contributed by atoms with Crippen molar-refractivity contribution < 1.29 is 18.0 Å². The number of carbonyl (C=O) groups is 1. The summed E-state index contributed by atoms with van der Waals surface area (Å²) >= 11 is 6.09. The number of amides is 1. The number of alkyl halides is 3. The molecule has 2 aromatic rings. The molecule has 0 saturated carbocycles. The van der Waals surface area contributed by atoms with Crippen LogP contribution >= 0.6 is 11.6 Å². The maximum atomic E-state index is 12.8. The molecule has 0 aliphatic carbocycles. The lowest BCUT2D eigenvalue weighted by Gasteiger charge is -2.13. The van der Waals surface area contributed by atoms with E-state index >= 15 is 0 Å². The lowest BCUT2D eigenvalue weighted by atomic mass is 10.1. The Hall–Kier alpha value is -2.74. The molecular weight excluding hydrogens is 405 g/mol. The van der Waals surface area contributed by atoms with Crippen molar-refractivity contribution in [3.8, 4) is 0 Å². The number of anilines is 1. The van der Waals surface area contributed by atoms with Gasteiger partial charge in [-0.05, 0) is 42.3 Å². The Balaban J connectivity index is 1.80. The van der Waals surface area contributed by atoms with Crippen LogP contribution in [0, 0.1) is 6.92 Å². The Bertz CT molecular complexity index is 884. The Morgan fingerprint density at radius 2 is 1.90 bits per heavy atom. The van der Waals surface area contributed by atoms with Gasteiger partial charge in [-0.3, -0.25) is 9.79 Å². The Labute approximate surface area is 172 Å². The number of hydrogen-bond donors (Lipinski definition) is 3. The lowest BCUT2D eigenvalue weighted by Crippen LogP contribution is -2.38. The number of carbonyl (C=O) groups excluding carboxylic acids is 1. The molecule has 9 heteroatoms. The molecule has 0 saturated heterocycles. The van der Waals surface area contributed by atoms with E-state index < -0.39 is 11.7 Å². The first-order valence-corrected chi connectivity index (χ1v) is 9.23. The summed E-state index contributed by atoms with van der Waals surface area (Å²) in [5, 5.41) is 9.06. The van der Waals surface area contributed by atoms with Gasteiger partial charge in [0, 0.05) is 26.6 Å². The van der Waals surface area contributed by atoms with Crippen LogP contribution in [0.4, 0.5) is 18.9 Å². The maximum absolute atomic E-state index is 12.8. The fourth-order valence-corrected chi connectivity index (χ4v) is 2.78. The average molecular weight is 427 g/mol. The van der Waals surface area contributed by atoms with E-state index in [1.54, 1.807) is 18.2 Å². The molecule has 2 aromatic carbocycles. The number of guanidine groups is 1. The van der Waals surface area contributed by atoms with E-state index in [9.17, 15) is 18.0 Å². The van der Waals surface area contributed by atoms with Gasteiger partial charge in [-0.1, -0.05) is 29.8 Å². The van der Waals surface area contributed by atoms with E-state index in [-0.39, 0.29) is 25.4 Å². The van der Waals surface area contributed by atoms with Gasteiger partial charge in [-0.15, -0.1) is 0 Å². The summed E-state index contributed by atoms with van der Waals surface area (Å²) in [5.41, 5.74) is 1.29. The topological polar surface area (TPSA) is 65.5 Å². The van der Waals surface area contributed by atoms with Gasteiger partial charge in [0.1, 0.15) is 0 Å². The number of nitrogens with one attached hydrogen (secondary N) is 3. The molecule has 0 bridgehead atoms. The van der Waals surface area contributed by atoms with Crippen LogP contribution in [0.5, 0.6) is 0 Å². The second kappa shape index (κ2) is 10.2. The zero-order valence-corrected chi connectivity index (χ0v) is 16.8. The van der Waals surface area contributed by atoms with Crippen molar-refractivity contribution in [2.45, 2.75) is 26.1 Å². The SMILES string of the molecule is CN=C(NCCC(=O)Nc1ccc(C)cc1Cl)NCc1cccc(C(F)(F)F)c1. The van der Waals surface area contributed by atoms with Gasteiger partial charge >= 0.3 is 6.18 Å². The largest absolute Gasteiger partial charge is 0.416 e. The van der Waals surface area contributed by atoms with Crippen molar-refractivity contribution in [3.63, 3.8) is 0 Å². The molecule has 0 aliphatic rings. The van der Waals surface area contributed by atoms with Crippen LogP contribution in [0.3, 0.4) is 0 Å². The van der Waals surface area contributed by atoms with E-state index in [1.807, 2.05) is 13.0 Å². The smallest absolute Gasteiger partial charge is 0.356 e. The Kier molecular flexibility index (Phi) is 7.90. The molecule has 0 radical (unpaired) electrons. The summed E-state index contributed by atoms with van der Waals surface area (Å²) in [6.45, 7) is 2.35. The fraction of sp³-hybridized carbons (Fsp3) is 0.300.